The molecule has 0 atom stereocenters. The summed E-state index contributed by atoms with van der Waals surface area (Å²) in [5.74, 6) is 0.248. The third-order valence-corrected chi connectivity index (χ3v) is 4.59. The summed E-state index contributed by atoms with van der Waals surface area (Å²) in [7, 11) is 0. The maximum absolute atomic E-state index is 10.8. The van der Waals surface area contributed by atoms with Gasteiger partial charge >= 0.3 is 0 Å². The molecule has 3 heteroatoms. The molecule has 3 aromatic rings. The van der Waals surface area contributed by atoms with Gasteiger partial charge in [-0.2, -0.15) is 5.10 Å². The van der Waals surface area contributed by atoms with Gasteiger partial charge in [-0.15, -0.1) is 0 Å². The van der Waals surface area contributed by atoms with E-state index in [1.165, 1.54) is 16.7 Å². The molecule has 3 nitrogen and oxygen atoms in total. The minimum absolute atomic E-state index is 0.248. The minimum atomic E-state index is 0.248. The molecule has 1 heterocycles. The Bertz CT molecular complexity index is 878. The minimum Gasteiger partial charge on any atom is -0.493 e. The first-order valence-corrected chi connectivity index (χ1v) is 8.47. The van der Waals surface area contributed by atoms with E-state index in [1.807, 2.05) is 18.2 Å². The summed E-state index contributed by atoms with van der Waals surface area (Å²) in [4.78, 5) is 0. The molecule has 0 aliphatic carbocycles. The van der Waals surface area contributed by atoms with Crippen molar-refractivity contribution in [3.63, 3.8) is 0 Å². The molecule has 0 radical (unpaired) electrons. The quantitative estimate of drug-likeness (QED) is 0.724. The lowest BCUT2D eigenvalue weighted by molar-refractivity contribution is 0.427. The monoisotopic (exact) mass is 320 g/mol. The zero-order chi connectivity index (χ0) is 17.3. The van der Waals surface area contributed by atoms with Crippen molar-refractivity contribution >= 4 is 0 Å². The lowest BCUT2D eigenvalue weighted by Crippen LogP contribution is -1.97. The highest BCUT2D eigenvalue weighted by molar-refractivity contribution is 5.69. The van der Waals surface area contributed by atoms with Crippen LogP contribution in [0.4, 0.5) is 0 Å². The SMILES string of the molecule is CCCc1c(-c2ccccc2C)nn(-c2ccc(C)c(C)c2)c1O. The molecular formula is C21H24N2O. The smallest absolute Gasteiger partial charge is 0.218 e. The molecule has 0 fully saturated rings. The van der Waals surface area contributed by atoms with E-state index in [0.717, 1.165) is 35.3 Å². The Morgan fingerprint density at radius 1 is 0.958 bits per heavy atom. The topological polar surface area (TPSA) is 38.0 Å². The molecule has 0 spiro atoms. The zero-order valence-electron chi connectivity index (χ0n) is 14.8. The third-order valence-electron chi connectivity index (χ3n) is 4.59. The normalized spacial score (nSPS) is 11.0. The predicted molar refractivity (Wildman–Crippen MR) is 98.9 cm³/mol. The van der Waals surface area contributed by atoms with Crippen LogP contribution in [0.1, 0.15) is 35.6 Å². The molecule has 1 aromatic heterocycles. The first-order valence-electron chi connectivity index (χ1n) is 8.47. The average Bonchev–Trinajstić information content (AvgIpc) is 2.88. The van der Waals surface area contributed by atoms with Crippen molar-refractivity contribution in [3.8, 4) is 22.8 Å². The highest BCUT2D eigenvalue weighted by atomic mass is 16.3. The van der Waals surface area contributed by atoms with E-state index in [9.17, 15) is 5.11 Å². The number of aromatic nitrogens is 2. The zero-order valence-corrected chi connectivity index (χ0v) is 14.8. The van der Waals surface area contributed by atoms with E-state index in [4.69, 9.17) is 5.10 Å². The third kappa shape index (κ3) is 2.82. The molecule has 0 aliphatic heterocycles. The van der Waals surface area contributed by atoms with Gasteiger partial charge in [-0.25, -0.2) is 4.68 Å². The van der Waals surface area contributed by atoms with Crippen LogP contribution < -0.4 is 0 Å². The lowest BCUT2D eigenvalue weighted by Gasteiger charge is -2.06. The Balaban J connectivity index is 2.20. The Kier molecular flexibility index (Phi) is 4.43. The van der Waals surface area contributed by atoms with Crippen molar-refractivity contribution in [1.82, 2.24) is 9.78 Å². The fraction of sp³-hybridized carbons (Fsp3) is 0.286. The van der Waals surface area contributed by atoms with Gasteiger partial charge in [0, 0.05) is 11.1 Å². The molecule has 24 heavy (non-hydrogen) atoms. The summed E-state index contributed by atoms with van der Waals surface area (Å²) in [5, 5.41) is 15.6. The molecule has 2 aromatic carbocycles. The van der Waals surface area contributed by atoms with Gasteiger partial charge in [-0.1, -0.05) is 43.7 Å². The van der Waals surface area contributed by atoms with Crippen LogP contribution in [-0.4, -0.2) is 14.9 Å². The second kappa shape index (κ2) is 6.52. The summed E-state index contributed by atoms with van der Waals surface area (Å²) >= 11 is 0. The van der Waals surface area contributed by atoms with Crippen molar-refractivity contribution in [3.05, 3.63) is 64.7 Å². The van der Waals surface area contributed by atoms with Gasteiger partial charge in [0.05, 0.1) is 5.69 Å². The van der Waals surface area contributed by atoms with Crippen LogP contribution in [0.3, 0.4) is 0 Å². The maximum Gasteiger partial charge on any atom is 0.218 e. The van der Waals surface area contributed by atoms with E-state index < -0.39 is 0 Å². The van der Waals surface area contributed by atoms with Gasteiger partial charge in [0.15, 0.2) is 0 Å². The van der Waals surface area contributed by atoms with E-state index in [2.05, 4.69) is 52.0 Å². The van der Waals surface area contributed by atoms with Gasteiger partial charge in [-0.05, 0) is 56.0 Å². The van der Waals surface area contributed by atoms with E-state index in [1.54, 1.807) is 4.68 Å². The first kappa shape index (κ1) is 16.3. The molecule has 0 aliphatic rings. The Labute approximate surface area is 143 Å². The number of nitrogens with zero attached hydrogens (tertiary/aromatic N) is 2. The van der Waals surface area contributed by atoms with Crippen LogP contribution >= 0.6 is 0 Å². The molecule has 124 valence electrons. The van der Waals surface area contributed by atoms with Crippen LogP contribution in [-0.2, 0) is 6.42 Å². The van der Waals surface area contributed by atoms with Crippen LogP contribution in [0, 0.1) is 20.8 Å². The molecule has 0 bridgehead atoms. The fourth-order valence-electron chi connectivity index (χ4n) is 3.01. The molecule has 0 saturated heterocycles. The molecule has 0 amide bonds. The van der Waals surface area contributed by atoms with Crippen LogP contribution in [0.5, 0.6) is 5.88 Å². The van der Waals surface area contributed by atoms with Gasteiger partial charge < -0.3 is 5.11 Å². The molecule has 0 saturated carbocycles. The largest absolute Gasteiger partial charge is 0.493 e. The highest BCUT2D eigenvalue weighted by Gasteiger charge is 2.20. The summed E-state index contributed by atoms with van der Waals surface area (Å²) < 4.78 is 1.67. The molecule has 1 N–H and O–H groups in total. The van der Waals surface area contributed by atoms with Crippen LogP contribution in [0.2, 0.25) is 0 Å². The van der Waals surface area contributed by atoms with Gasteiger partial charge in [-0.3, -0.25) is 0 Å². The van der Waals surface area contributed by atoms with Crippen molar-refractivity contribution in [2.45, 2.75) is 40.5 Å². The van der Waals surface area contributed by atoms with Gasteiger partial charge in [0.1, 0.15) is 5.69 Å². The Morgan fingerprint density at radius 3 is 2.38 bits per heavy atom. The predicted octanol–water partition coefficient (Wildman–Crippen LogP) is 5.12. The van der Waals surface area contributed by atoms with Crippen LogP contribution in [0.25, 0.3) is 16.9 Å². The molecular weight excluding hydrogens is 296 g/mol. The summed E-state index contributed by atoms with van der Waals surface area (Å²) in [6, 6.07) is 14.3. The highest BCUT2D eigenvalue weighted by Crippen LogP contribution is 2.34. The van der Waals surface area contributed by atoms with E-state index in [-0.39, 0.29) is 5.88 Å². The summed E-state index contributed by atoms with van der Waals surface area (Å²) in [6.45, 7) is 8.36. The van der Waals surface area contributed by atoms with Crippen LogP contribution in [0.15, 0.2) is 42.5 Å². The number of hydrogen-bond acceptors (Lipinski definition) is 2. The number of benzene rings is 2. The molecule has 3 rings (SSSR count). The van der Waals surface area contributed by atoms with Crippen molar-refractivity contribution < 1.29 is 5.11 Å². The molecule has 0 unspecified atom stereocenters. The lowest BCUT2D eigenvalue weighted by atomic mass is 10.0. The first-order chi connectivity index (χ1) is 11.5. The van der Waals surface area contributed by atoms with E-state index >= 15 is 0 Å². The Morgan fingerprint density at radius 2 is 1.71 bits per heavy atom. The number of rotatable bonds is 4. The van der Waals surface area contributed by atoms with Gasteiger partial charge in [0.2, 0.25) is 5.88 Å². The van der Waals surface area contributed by atoms with Crippen molar-refractivity contribution in [1.29, 1.82) is 0 Å². The standard InChI is InChI=1S/C21H24N2O/c1-5-8-19-20(18-10-7-6-9-15(18)3)22-23(21(19)24)17-12-11-14(2)16(4)13-17/h6-7,9-13,24H,5,8H2,1-4H3. The second-order valence-corrected chi connectivity index (χ2v) is 6.40. The number of aryl methyl sites for hydroxylation is 3. The maximum atomic E-state index is 10.8. The average molecular weight is 320 g/mol. The summed E-state index contributed by atoms with van der Waals surface area (Å²) in [5.41, 5.74) is 7.37. The number of hydrogen-bond donors (Lipinski definition) is 1. The van der Waals surface area contributed by atoms with E-state index in [0.29, 0.717) is 0 Å². The second-order valence-electron chi connectivity index (χ2n) is 6.40. The number of aromatic hydroxyl groups is 1. The summed E-state index contributed by atoms with van der Waals surface area (Å²) in [6.07, 6.45) is 1.77. The Hall–Kier alpha value is -2.55. The fourth-order valence-corrected chi connectivity index (χ4v) is 3.01. The van der Waals surface area contributed by atoms with Crippen molar-refractivity contribution in [2.75, 3.05) is 0 Å². The van der Waals surface area contributed by atoms with Crippen molar-refractivity contribution in [2.24, 2.45) is 0 Å². The van der Waals surface area contributed by atoms with Gasteiger partial charge in [0.25, 0.3) is 0 Å².